The number of aromatic nitrogens is 2. The SMILES string of the molecule is CCc1nnc(N2C(=O)c3oc4ccc(C)cc4c(=O)c3C23C(=O)N(Cc2ccc(Cl)cc2)c2ccccc23)s1. The van der Waals surface area contributed by atoms with Gasteiger partial charge < -0.3 is 9.32 Å². The molecule has 1 spiro atoms. The minimum absolute atomic E-state index is 0.0000883. The number of carbonyl (C=O) groups excluding carboxylic acids is 2. The largest absolute Gasteiger partial charge is 0.450 e. The molecule has 0 aliphatic carbocycles. The summed E-state index contributed by atoms with van der Waals surface area (Å²) in [6.07, 6.45) is 0.604. The van der Waals surface area contributed by atoms with Crippen molar-refractivity contribution in [3.8, 4) is 0 Å². The summed E-state index contributed by atoms with van der Waals surface area (Å²) in [4.78, 5) is 46.3. The number of rotatable bonds is 4. The molecule has 0 radical (unpaired) electrons. The van der Waals surface area contributed by atoms with Crippen molar-refractivity contribution in [1.82, 2.24) is 10.2 Å². The van der Waals surface area contributed by atoms with Gasteiger partial charge in [-0.05, 0) is 49.2 Å². The van der Waals surface area contributed by atoms with Crippen LogP contribution in [0.5, 0.6) is 0 Å². The van der Waals surface area contributed by atoms with Crippen LogP contribution < -0.4 is 15.2 Å². The van der Waals surface area contributed by atoms with Crippen LogP contribution in [0.3, 0.4) is 0 Å². The first-order valence-corrected chi connectivity index (χ1v) is 13.9. The second kappa shape index (κ2) is 8.84. The fraction of sp³-hybridized carbons (Fsp3) is 0.167. The molecule has 5 aromatic rings. The molecule has 0 saturated heterocycles. The lowest BCUT2D eigenvalue weighted by atomic mass is 9.84. The highest BCUT2D eigenvalue weighted by molar-refractivity contribution is 7.15. The molecule has 198 valence electrons. The number of hydrogen-bond donors (Lipinski definition) is 0. The maximum absolute atomic E-state index is 14.9. The summed E-state index contributed by atoms with van der Waals surface area (Å²) >= 11 is 7.32. The van der Waals surface area contributed by atoms with Gasteiger partial charge in [-0.25, -0.2) is 0 Å². The molecule has 2 aliphatic rings. The molecule has 0 N–H and O–H groups in total. The molecule has 7 rings (SSSR count). The van der Waals surface area contributed by atoms with Gasteiger partial charge in [0, 0.05) is 10.6 Å². The van der Waals surface area contributed by atoms with Crippen molar-refractivity contribution in [3.63, 3.8) is 0 Å². The smallest absolute Gasteiger partial charge is 0.297 e. The lowest BCUT2D eigenvalue weighted by Gasteiger charge is -2.32. The Labute approximate surface area is 237 Å². The molecular formula is C30H21ClN4O4S. The molecular weight excluding hydrogens is 548 g/mol. The van der Waals surface area contributed by atoms with E-state index in [0.29, 0.717) is 33.1 Å². The average molecular weight is 569 g/mol. The summed E-state index contributed by atoms with van der Waals surface area (Å²) in [6.45, 7) is 4.02. The molecule has 0 fully saturated rings. The van der Waals surface area contributed by atoms with Crippen molar-refractivity contribution in [2.75, 3.05) is 9.80 Å². The lowest BCUT2D eigenvalue weighted by molar-refractivity contribution is -0.121. The predicted octanol–water partition coefficient (Wildman–Crippen LogP) is 5.62. The highest BCUT2D eigenvalue weighted by Crippen LogP contribution is 2.54. The summed E-state index contributed by atoms with van der Waals surface area (Å²) in [5, 5.41) is 10.3. The van der Waals surface area contributed by atoms with Gasteiger partial charge in [-0.15, -0.1) is 10.2 Å². The summed E-state index contributed by atoms with van der Waals surface area (Å²) in [5.41, 5.74) is 0.847. The molecule has 1 unspecified atom stereocenters. The van der Waals surface area contributed by atoms with Gasteiger partial charge in [0.05, 0.1) is 23.2 Å². The molecule has 4 heterocycles. The van der Waals surface area contributed by atoms with Crippen LogP contribution in [-0.4, -0.2) is 22.0 Å². The summed E-state index contributed by atoms with van der Waals surface area (Å²) in [5.74, 6) is -1.21. The van der Waals surface area contributed by atoms with E-state index in [0.717, 1.165) is 11.1 Å². The fourth-order valence-corrected chi connectivity index (χ4v) is 6.64. The predicted molar refractivity (Wildman–Crippen MR) is 153 cm³/mol. The number of benzene rings is 3. The number of halogens is 1. The van der Waals surface area contributed by atoms with Gasteiger partial charge in [0.1, 0.15) is 10.6 Å². The van der Waals surface area contributed by atoms with Gasteiger partial charge in [0.2, 0.25) is 10.9 Å². The summed E-state index contributed by atoms with van der Waals surface area (Å²) < 4.78 is 6.13. The molecule has 0 saturated carbocycles. The highest BCUT2D eigenvalue weighted by atomic mass is 35.5. The van der Waals surface area contributed by atoms with Crippen LogP contribution in [0.2, 0.25) is 5.02 Å². The number of carbonyl (C=O) groups is 2. The summed E-state index contributed by atoms with van der Waals surface area (Å²) in [6, 6.07) is 19.6. The normalized spacial score (nSPS) is 17.8. The molecule has 0 bridgehead atoms. The first kappa shape index (κ1) is 24.7. The Kier molecular flexibility index (Phi) is 5.45. The van der Waals surface area contributed by atoms with Gasteiger partial charge in [-0.1, -0.05) is 71.8 Å². The molecule has 8 nitrogen and oxygen atoms in total. The van der Waals surface area contributed by atoms with E-state index >= 15 is 0 Å². The Morgan fingerprint density at radius 2 is 1.77 bits per heavy atom. The number of hydrogen-bond acceptors (Lipinski definition) is 7. The Hall–Kier alpha value is -4.34. The van der Waals surface area contributed by atoms with E-state index in [1.165, 1.54) is 16.2 Å². The zero-order valence-corrected chi connectivity index (χ0v) is 23.0. The van der Waals surface area contributed by atoms with Crippen molar-refractivity contribution >= 4 is 56.5 Å². The third-order valence-electron chi connectivity index (χ3n) is 7.48. The first-order valence-electron chi connectivity index (χ1n) is 12.8. The zero-order valence-electron chi connectivity index (χ0n) is 21.5. The van der Waals surface area contributed by atoms with Crippen LogP contribution in [0.4, 0.5) is 10.8 Å². The van der Waals surface area contributed by atoms with E-state index in [-0.39, 0.29) is 28.6 Å². The molecule has 10 heteroatoms. The third kappa shape index (κ3) is 3.28. The average Bonchev–Trinajstić information content (AvgIpc) is 3.60. The van der Waals surface area contributed by atoms with E-state index < -0.39 is 22.8 Å². The monoisotopic (exact) mass is 568 g/mol. The minimum atomic E-state index is -1.81. The minimum Gasteiger partial charge on any atom is -0.450 e. The Morgan fingerprint density at radius 3 is 2.52 bits per heavy atom. The van der Waals surface area contributed by atoms with Crippen molar-refractivity contribution < 1.29 is 14.0 Å². The number of nitrogens with zero attached hydrogens (tertiary/aromatic N) is 4. The van der Waals surface area contributed by atoms with E-state index in [9.17, 15) is 14.4 Å². The number of amides is 2. The van der Waals surface area contributed by atoms with Gasteiger partial charge >= 0.3 is 0 Å². The fourth-order valence-electron chi connectivity index (χ4n) is 5.68. The first-order chi connectivity index (χ1) is 19.3. The third-order valence-corrected chi connectivity index (χ3v) is 8.79. The van der Waals surface area contributed by atoms with Crippen molar-refractivity contribution in [2.24, 2.45) is 0 Å². The Balaban J connectivity index is 1.55. The van der Waals surface area contributed by atoms with Gasteiger partial charge in [0.25, 0.3) is 11.8 Å². The van der Waals surface area contributed by atoms with Crippen LogP contribution in [0.1, 0.15) is 44.7 Å². The van der Waals surface area contributed by atoms with Crippen LogP contribution >= 0.6 is 22.9 Å². The number of aryl methyl sites for hydroxylation is 2. The number of anilines is 2. The maximum Gasteiger partial charge on any atom is 0.297 e. The highest BCUT2D eigenvalue weighted by Gasteiger charge is 2.66. The van der Waals surface area contributed by atoms with Crippen molar-refractivity contribution in [3.05, 3.63) is 115 Å². The molecule has 2 amide bonds. The Morgan fingerprint density at radius 1 is 1.00 bits per heavy atom. The molecule has 2 aromatic heterocycles. The van der Waals surface area contributed by atoms with Crippen LogP contribution in [-0.2, 0) is 23.3 Å². The second-order valence-corrected chi connectivity index (χ2v) is 11.3. The lowest BCUT2D eigenvalue weighted by Crippen LogP contribution is -2.53. The van der Waals surface area contributed by atoms with Gasteiger partial charge in [-0.3, -0.25) is 19.3 Å². The number of fused-ring (bicyclic) bond motifs is 5. The van der Waals surface area contributed by atoms with E-state index in [1.54, 1.807) is 41.3 Å². The zero-order chi connectivity index (χ0) is 27.8. The van der Waals surface area contributed by atoms with E-state index in [2.05, 4.69) is 10.2 Å². The van der Waals surface area contributed by atoms with Crippen LogP contribution in [0.15, 0.2) is 75.9 Å². The standard InChI is InChI=1S/C30H21ClN4O4S/c1-3-23-32-33-29(40-23)35-27(37)26-24(25(36)19-14-16(2)8-13-22(19)39-26)30(35)20-6-4-5-7-21(20)34(28(30)38)15-17-9-11-18(31)12-10-17/h4-14H,3,15H2,1-2H3. The van der Waals surface area contributed by atoms with Crippen molar-refractivity contribution in [1.29, 1.82) is 0 Å². The van der Waals surface area contributed by atoms with Crippen LogP contribution in [0, 0.1) is 6.92 Å². The number of para-hydroxylation sites is 1. The summed E-state index contributed by atoms with van der Waals surface area (Å²) in [7, 11) is 0. The topological polar surface area (TPSA) is 96.6 Å². The van der Waals surface area contributed by atoms with Gasteiger partial charge in [-0.2, -0.15) is 0 Å². The van der Waals surface area contributed by atoms with E-state index in [1.807, 2.05) is 44.2 Å². The second-order valence-electron chi connectivity index (χ2n) is 9.85. The maximum atomic E-state index is 14.9. The van der Waals surface area contributed by atoms with Gasteiger partial charge in [0.15, 0.2) is 11.0 Å². The molecule has 3 aromatic carbocycles. The van der Waals surface area contributed by atoms with Crippen molar-refractivity contribution in [2.45, 2.75) is 32.4 Å². The molecule has 2 aliphatic heterocycles. The quantitative estimate of drug-likeness (QED) is 0.279. The van der Waals surface area contributed by atoms with Crippen LogP contribution in [0.25, 0.3) is 11.0 Å². The van der Waals surface area contributed by atoms with E-state index in [4.69, 9.17) is 16.0 Å². The Bertz CT molecular complexity index is 1930. The molecule has 40 heavy (non-hydrogen) atoms. The molecule has 1 atom stereocenters.